The molecule has 0 radical (unpaired) electrons. The van der Waals surface area contributed by atoms with Crippen molar-refractivity contribution in [1.29, 1.82) is 0 Å². The highest BCUT2D eigenvalue weighted by atomic mass is 19.2. The molecule has 1 aliphatic rings. The second-order valence-electron chi connectivity index (χ2n) is 6.86. The van der Waals surface area contributed by atoms with Gasteiger partial charge in [0.2, 0.25) is 0 Å². The molecule has 2 aromatic rings. The molecule has 0 fully saturated rings. The van der Waals surface area contributed by atoms with E-state index < -0.39 is 11.6 Å². The minimum atomic E-state index is -0.772. The molecule has 0 aromatic heterocycles. The van der Waals surface area contributed by atoms with Gasteiger partial charge in [-0.1, -0.05) is 38.1 Å². The van der Waals surface area contributed by atoms with Crippen LogP contribution in [0.1, 0.15) is 48.4 Å². The highest BCUT2D eigenvalue weighted by Gasteiger charge is 2.27. The van der Waals surface area contributed by atoms with Crippen molar-refractivity contribution in [3.63, 3.8) is 0 Å². The third kappa shape index (κ3) is 3.16. The molecule has 0 spiro atoms. The number of rotatable bonds is 3. The van der Waals surface area contributed by atoms with Crippen LogP contribution in [0.5, 0.6) is 0 Å². The number of hydrogen-bond donors (Lipinski definition) is 1. The molecular weight excluding hydrogens is 292 g/mol. The van der Waals surface area contributed by atoms with Gasteiger partial charge in [-0.15, -0.1) is 0 Å². The Labute approximate surface area is 136 Å². The normalized spacial score (nSPS) is 18.3. The van der Waals surface area contributed by atoms with Gasteiger partial charge in [-0.05, 0) is 59.6 Å². The van der Waals surface area contributed by atoms with Gasteiger partial charge in [-0.25, -0.2) is 8.78 Å². The van der Waals surface area contributed by atoms with Crippen LogP contribution in [0.25, 0.3) is 0 Å². The maximum Gasteiger partial charge on any atom is 0.159 e. The number of hydrogen-bond acceptors (Lipinski definition) is 1. The van der Waals surface area contributed by atoms with Crippen molar-refractivity contribution in [3.05, 3.63) is 70.3 Å². The lowest BCUT2D eigenvalue weighted by molar-refractivity contribution is 0.442. The first-order chi connectivity index (χ1) is 11.0. The summed E-state index contributed by atoms with van der Waals surface area (Å²) in [4.78, 5) is 0. The van der Waals surface area contributed by atoms with Crippen molar-refractivity contribution in [3.8, 4) is 0 Å². The van der Waals surface area contributed by atoms with Crippen molar-refractivity contribution in [2.45, 2.75) is 45.1 Å². The first-order valence-corrected chi connectivity index (χ1v) is 8.28. The van der Waals surface area contributed by atoms with Gasteiger partial charge in [0, 0.05) is 12.0 Å². The Morgan fingerprint density at radius 3 is 2.39 bits per heavy atom. The van der Waals surface area contributed by atoms with E-state index in [9.17, 15) is 8.78 Å². The van der Waals surface area contributed by atoms with E-state index in [-0.39, 0.29) is 12.0 Å². The molecule has 0 amide bonds. The largest absolute Gasteiger partial charge is 0.327 e. The van der Waals surface area contributed by atoms with Crippen LogP contribution in [0.3, 0.4) is 0 Å². The van der Waals surface area contributed by atoms with Crippen LogP contribution >= 0.6 is 0 Å². The molecule has 0 heterocycles. The Morgan fingerprint density at radius 1 is 1.00 bits per heavy atom. The maximum atomic E-state index is 13.9. The SMILES string of the molecule is CC(C)C(N)CC1c2ccccc2CCc2cc(F)c(F)cc21. The summed E-state index contributed by atoms with van der Waals surface area (Å²) in [6.45, 7) is 4.19. The summed E-state index contributed by atoms with van der Waals surface area (Å²) in [6, 6.07) is 11.0. The minimum absolute atomic E-state index is 0.0205. The Kier molecular flexibility index (Phi) is 4.49. The molecular formula is C20H23F2N. The summed E-state index contributed by atoms with van der Waals surface area (Å²) in [5, 5.41) is 0. The van der Waals surface area contributed by atoms with Gasteiger partial charge in [-0.3, -0.25) is 0 Å². The van der Waals surface area contributed by atoms with E-state index in [0.717, 1.165) is 30.4 Å². The fourth-order valence-electron chi connectivity index (χ4n) is 3.48. The number of fused-ring (bicyclic) bond motifs is 2. The second-order valence-corrected chi connectivity index (χ2v) is 6.86. The van der Waals surface area contributed by atoms with E-state index in [1.165, 1.54) is 23.3 Å². The highest BCUT2D eigenvalue weighted by molar-refractivity contribution is 5.45. The Bertz CT molecular complexity index is 709. The zero-order valence-corrected chi connectivity index (χ0v) is 13.7. The van der Waals surface area contributed by atoms with Crippen molar-refractivity contribution < 1.29 is 8.78 Å². The van der Waals surface area contributed by atoms with Crippen molar-refractivity contribution in [2.75, 3.05) is 0 Å². The second kappa shape index (κ2) is 6.40. The molecule has 0 bridgehead atoms. The lowest BCUT2D eigenvalue weighted by Gasteiger charge is -2.25. The van der Waals surface area contributed by atoms with Crippen LogP contribution in [0.2, 0.25) is 0 Å². The lowest BCUT2D eigenvalue weighted by Crippen LogP contribution is -2.29. The zero-order valence-electron chi connectivity index (χ0n) is 13.7. The van der Waals surface area contributed by atoms with Crippen molar-refractivity contribution >= 4 is 0 Å². The van der Waals surface area contributed by atoms with Crippen molar-refractivity contribution in [2.24, 2.45) is 11.7 Å². The predicted molar refractivity (Wildman–Crippen MR) is 89.5 cm³/mol. The molecule has 2 atom stereocenters. The van der Waals surface area contributed by atoms with E-state index in [2.05, 4.69) is 26.0 Å². The zero-order chi connectivity index (χ0) is 16.6. The lowest BCUT2D eigenvalue weighted by atomic mass is 9.81. The number of benzene rings is 2. The molecule has 1 aliphatic carbocycles. The fraction of sp³-hybridized carbons (Fsp3) is 0.400. The summed E-state index contributed by atoms with van der Waals surface area (Å²) < 4.78 is 27.6. The van der Waals surface area contributed by atoms with E-state index in [1.807, 2.05) is 12.1 Å². The van der Waals surface area contributed by atoms with E-state index in [0.29, 0.717) is 5.92 Å². The first kappa shape index (κ1) is 16.1. The number of nitrogens with two attached hydrogens (primary N) is 1. The fourth-order valence-corrected chi connectivity index (χ4v) is 3.48. The summed E-state index contributed by atoms with van der Waals surface area (Å²) >= 11 is 0. The molecule has 23 heavy (non-hydrogen) atoms. The Balaban J connectivity index is 2.12. The molecule has 2 N–H and O–H groups in total. The van der Waals surface area contributed by atoms with Gasteiger partial charge in [0.1, 0.15) is 0 Å². The number of halogens is 2. The average molecular weight is 315 g/mol. The topological polar surface area (TPSA) is 26.0 Å². The summed E-state index contributed by atoms with van der Waals surface area (Å²) in [6.07, 6.45) is 2.32. The van der Waals surface area contributed by atoms with Crippen molar-refractivity contribution in [1.82, 2.24) is 0 Å². The molecule has 122 valence electrons. The highest BCUT2D eigenvalue weighted by Crippen LogP contribution is 2.38. The molecule has 2 aromatic carbocycles. The molecule has 1 nitrogen and oxygen atoms in total. The predicted octanol–water partition coefficient (Wildman–Crippen LogP) is 4.57. The smallest absolute Gasteiger partial charge is 0.159 e. The van der Waals surface area contributed by atoms with Gasteiger partial charge in [0.15, 0.2) is 11.6 Å². The molecule has 2 unspecified atom stereocenters. The maximum absolute atomic E-state index is 13.9. The van der Waals surface area contributed by atoms with E-state index in [4.69, 9.17) is 5.73 Å². The molecule has 3 heteroatoms. The average Bonchev–Trinajstić information content (AvgIpc) is 2.66. The monoisotopic (exact) mass is 315 g/mol. The molecule has 0 saturated carbocycles. The van der Waals surface area contributed by atoms with Gasteiger partial charge in [0.25, 0.3) is 0 Å². The summed E-state index contributed by atoms with van der Waals surface area (Å²) in [7, 11) is 0. The molecule has 0 saturated heterocycles. The summed E-state index contributed by atoms with van der Waals surface area (Å²) in [5.74, 6) is -1.16. The third-order valence-electron chi connectivity index (χ3n) is 5.02. The summed E-state index contributed by atoms with van der Waals surface area (Å²) in [5.41, 5.74) is 10.6. The van der Waals surface area contributed by atoms with Crippen LogP contribution < -0.4 is 5.73 Å². The standard InChI is InChI=1S/C20H23F2N/c1-12(2)20(23)11-17-15-6-4-3-5-13(15)7-8-14-9-18(21)19(22)10-16(14)17/h3-6,9-10,12,17,20H,7-8,11,23H2,1-2H3. The van der Waals surface area contributed by atoms with Crippen LogP contribution in [0, 0.1) is 17.6 Å². The minimum Gasteiger partial charge on any atom is -0.327 e. The van der Waals surface area contributed by atoms with Gasteiger partial charge >= 0.3 is 0 Å². The Hall–Kier alpha value is -1.74. The third-order valence-corrected chi connectivity index (χ3v) is 5.02. The van der Waals surface area contributed by atoms with Gasteiger partial charge in [-0.2, -0.15) is 0 Å². The van der Waals surface area contributed by atoms with Crippen LogP contribution in [-0.4, -0.2) is 6.04 Å². The van der Waals surface area contributed by atoms with Gasteiger partial charge < -0.3 is 5.73 Å². The first-order valence-electron chi connectivity index (χ1n) is 8.28. The Morgan fingerprint density at radius 2 is 1.65 bits per heavy atom. The van der Waals surface area contributed by atoms with Gasteiger partial charge in [0.05, 0.1) is 0 Å². The molecule has 0 aliphatic heterocycles. The van der Waals surface area contributed by atoms with Crippen LogP contribution in [0.4, 0.5) is 8.78 Å². The van der Waals surface area contributed by atoms with Crippen LogP contribution in [0.15, 0.2) is 36.4 Å². The number of aryl methyl sites for hydroxylation is 2. The van der Waals surface area contributed by atoms with E-state index >= 15 is 0 Å². The quantitative estimate of drug-likeness (QED) is 0.882. The van der Waals surface area contributed by atoms with E-state index in [1.54, 1.807) is 0 Å². The molecule has 3 rings (SSSR count). The van der Waals surface area contributed by atoms with Crippen LogP contribution in [-0.2, 0) is 12.8 Å².